The van der Waals surface area contributed by atoms with Crippen LogP contribution in [0.2, 0.25) is 0 Å². The van der Waals surface area contributed by atoms with E-state index in [0.29, 0.717) is 0 Å². The molecule has 4 heteroatoms. The van der Waals surface area contributed by atoms with Crippen LogP contribution in [-0.2, 0) is 16.2 Å². The van der Waals surface area contributed by atoms with Crippen molar-refractivity contribution in [2.45, 2.75) is 141 Å². The number of anilines is 7. The van der Waals surface area contributed by atoms with Crippen molar-refractivity contribution in [2.75, 3.05) is 14.7 Å². The average molecular weight is 812 g/mol. The molecule has 62 heavy (non-hydrogen) atoms. The maximum absolute atomic E-state index is 2.94. The molecule has 2 saturated carbocycles. The van der Waals surface area contributed by atoms with Gasteiger partial charge < -0.3 is 14.7 Å². The van der Waals surface area contributed by atoms with Crippen LogP contribution in [0.25, 0.3) is 11.1 Å². The zero-order valence-corrected chi connectivity index (χ0v) is 38.5. The molecule has 0 radical (unpaired) electrons. The molecular weight excluding hydrogens is 749 g/mol. The third kappa shape index (κ3) is 4.85. The molecule has 3 nitrogen and oxygen atoms in total. The number of aryl methyl sites for hydroxylation is 2. The van der Waals surface area contributed by atoms with Gasteiger partial charge in [-0.2, -0.15) is 0 Å². The van der Waals surface area contributed by atoms with Gasteiger partial charge in [0.2, 0.25) is 0 Å². The molecule has 6 aromatic rings. The Balaban J connectivity index is 1.19. The van der Waals surface area contributed by atoms with Gasteiger partial charge in [-0.25, -0.2) is 0 Å². The van der Waals surface area contributed by atoms with E-state index in [4.69, 9.17) is 0 Å². The van der Waals surface area contributed by atoms with E-state index in [-0.39, 0.29) is 34.0 Å². The lowest BCUT2D eigenvalue weighted by atomic mass is 9.33. The van der Waals surface area contributed by atoms with Crippen molar-refractivity contribution in [2.24, 2.45) is 0 Å². The number of nitrogens with zero attached hydrogens (tertiary/aromatic N) is 3. The van der Waals surface area contributed by atoms with Gasteiger partial charge in [0.25, 0.3) is 6.71 Å². The monoisotopic (exact) mass is 812 g/mol. The molecular formula is C58H62BN3. The van der Waals surface area contributed by atoms with Crippen molar-refractivity contribution in [1.82, 2.24) is 0 Å². The van der Waals surface area contributed by atoms with Gasteiger partial charge in [-0.1, -0.05) is 144 Å². The summed E-state index contributed by atoms with van der Waals surface area (Å²) in [5.41, 5.74) is 23.6. The lowest BCUT2D eigenvalue weighted by Gasteiger charge is -2.53. The topological polar surface area (TPSA) is 9.72 Å². The Morgan fingerprint density at radius 3 is 1.84 bits per heavy atom. The van der Waals surface area contributed by atoms with Crippen molar-refractivity contribution in [3.8, 4) is 11.1 Å². The molecule has 2 fully saturated rings. The lowest BCUT2D eigenvalue weighted by Crippen LogP contribution is -2.64. The zero-order valence-electron chi connectivity index (χ0n) is 38.5. The largest absolute Gasteiger partial charge is 0.335 e. The molecule has 12 rings (SSSR count). The van der Waals surface area contributed by atoms with E-state index in [0.717, 1.165) is 0 Å². The van der Waals surface area contributed by atoms with Gasteiger partial charge in [-0.3, -0.25) is 0 Å². The molecule has 4 atom stereocenters. The van der Waals surface area contributed by atoms with E-state index in [1.54, 1.807) is 5.56 Å². The molecule has 0 spiro atoms. The van der Waals surface area contributed by atoms with Gasteiger partial charge in [0.05, 0.1) is 11.1 Å². The van der Waals surface area contributed by atoms with Crippen molar-refractivity contribution in [1.29, 1.82) is 0 Å². The quantitative estimate of drug-likeness (QED) is 0.165. The average Bonchev–Trinajstić information content (AvgIpc) is 3.60. The van der Waals surface area contributed by atoms with Gasteiger partial charge in [-0.05, 0) is 145 Å². The highest BCUT2D eigenvalue weighted by Crippen LogP contribution is 2.65. The smallest absolute Gasteiger partial charge is 0.252 e. The van der Waals surface area contributed by atoms with Gasteiger partial charge in [-0.15, -0.1) is 0 Å². The first-order valence-electron chi connectivity index (χ1n) is 23.8. The molecule has 4 heterocycles. The summed E-state index contributed by atoms with van der Waals surface area (Å²) in [6, 6.07) is 45.7. The molecule has 0 N–H and O–H groups in total. The molecule has 6 aliphatic rings. The van der Waals surface area contributed by atoms with Crippen molar-refractivity contribution >= 4 is 62.9 Å². The third-order valence-electron chi connectivity index (χ3n) is 17.8. The summed E-state index contributed by atoms with van der Waals surface area (Å²) in [4.78, 5) is 8.43. The lowest BCUT2D eigenvalue weighted by molar-refractivity contribution is 0.194. The van der Waals surface area contributed by atoms with Crippen molar-refractivity contribution in [3.05, 3.63) is 143 Å². The molecule has 0 bridgehead atoms. The molecule has 0 saturated heterocycles. The minimum absolute atomic E-state index is 0.00645. The highest BCUT2D eigenvalue weighted by molar-refractivity contribution is 7.00. The van der Waals surface area contributed by atoms with Crippen LogP contribution in [0.1, 0.15) is 128 Å². The Bertz CT molecular complexity index is 2850. The van der Waals surface area contributed by atoms with Gasteiger partial charge in [0.1, 0.15) is 0 Å². The van der Waals surface area contributed by atoms with Crippen LogP contribution in [0.15, 0.2) is 115 Å². The highest BCUT2D eigenvalue weighted by atomic mass is 15.3. The summed E-state index contributed by atoms with van der Waals surface area (Å²) in [5.74, 6) is 0. The highest BCUT2D eigenvalue weighted by Gasteiger charge is 2.63. The number of benzene rings is 6. The van der Waals surface area contributed by atoms with E-state index >= 15 is 0 Å². The molecule has 2 aliphatic carbocycles. The van der Waals surface area contributed by atoms with E-state index in [1.807, 2.05) is 0 Å². The van der Waals surface area contributed by atoms with Crippen LogP contribution in [-0.4, -0.2) is 17.8 Å². The van der Waals surface area contributed by atoms with Crippen LogP contribution < -0.4 is 31.1 Å². The van der Waals surface area contributed by atoms with E-state index in [9.17, 15) is 0 Å². The Morgan fingerprint density at radius 1 is 0.500 bits per heavy atom. The predicted molar refractivity (Wildman–Crippen MR) is 265 cm³/mol. The van der Waals surface area contributed by atoms with E-state index in [1.165, 1.54) is 141 Å². The summed E-state index contributed by atoms with van der Waals surface area (Å²) < 4.78 is 0. The summed E-state index contributed by atoms with van der Waals surface area (Å²) >= 11 is 0. The molecule has 4 unspecified atom stereocenters. The Hall–Kier alpha value is -5.22. The van der Waals surface area contributed by atoms with Crippen LogP contribution in [0.3, 0.4) is 0 Å². The van der Waals surface area contributed by atoms with Crippen molar-refractivity contribution in [3.63, 3.8) is 0 Å². The second-order valence-electron chi connectivity index (χ2n) is 22.2. The van der Waals surface area contributed by atoms with Gasteiger partial charge in [0, 0.05) is 50.6 Å². The predicted octanol–water partition coefficient (Wildman–Crippen LogP) is 13.4. The van der Waals surface area contributed by atoms with Gasteiger partial charge >= 0.3 is 0 Å². The Labute approximate surface area is 371 Å². The molecule has 4 aliphatic heterocycles. The second-order valence-corrected chi connectivity index (χ2v) is 22.2. The second kappa shape index (κ2) is 12.7. The fourth-order valence-corrected chi connectivity index (χ4v) is 13.9. The first kappa shape index (κ1) is 38.5. The molecule has 312 valence electrons. The van der Waals surface area contributed by atoms with E-state index in [2.05, 4.69) is 192 Å². The summed E-state index contributed by atoms with van der Waals surface area (Å²) in [5, 5.41) is 0. The molecule has 6 aromatic carbocycles. The number of hydrogen-bond acceptors (Lipinski definition) is 3. The Kier molecular flexibility index (Phi) is 7.88. The fourth-order valence-electron chi connectivity index (χ4n) is 13.9. The van der Waals surface area contributed by atoms with Crippen LogP contribution in [0, 0.1) is 13.8 Å². The number of rotatable bonds is 3. The standard InChI is InChI=1S/C58H62BN3/c1-37-19-23-42(24-20-37)60-49-25-21-38(2)31-46(49)59-47-34-41(54(3,4)5)33-45-53(47)62(58(9)30-16-14-28-56(45,58)7)51-36-43(35-50(60)52(51)59)61-48-26-22-40(39-17-11-10-12-18-39)32-44(48)55(6)27-13-15-29-57(55,61)8/h10-12,17-26,31-36H,13-16,27-30H2,1-9H3. The van der Waals surface area contributed by atoms with Crippen LogP contribution in [0.4, 0.5) is 39.8 Å². The Morgan fingerprint density at radius 2 is 1.13 bits per heavy atom. The van der Waals surface area contributed by atoms with E-state index < -0.39 is 0 Å². The fraction of sp³-hybridized carbons (Fsp3) is 0.379. The van der Waals surface area contributed by atoms with Crippen LogP contribution >= 0.6 is 0 Å². The molecule has 0 aromatic heterocycles. The maximum Gasteiger partial charge on any atom is 0.252 e. The SMILES string of the molecule is Cc1ccc(N2c3ccc(C)cc3B3c4cc(C(C)(C)C)cc5c4N(c4cc(N6c7ccc(-c8ccccc8)cc7C7(C)CCCCC67C)cc2c43)C2(C)CCCCC52C)cc1. The summed E-state index contributed by atoms with van der Waals surface area (Å²) in [6.45, 7) is 22.3. The number of hydrogen-bond donors (Lipinski definition) is 0. The molecule has 0 amide bonds. The first-order valence-corrected chi connectivity index (χ1v) is 23.8. The maximum atomic E-state index is 2.94. The van der Waals surface area contributed by atoms with Crippen LogP contribution in [0.5, 0.6) is 0 Å². The minimum Gasteiger partial charge on any atom is -0.335 e. The third-order valence-corrected chi connectivity index (χ3v) is 17.8. The zero-order chi connectivity index (χ0) is 42.7. The van der Waals surface area contributed by atoms with Crippen molar-refractivity contribution < 1.29 is 0 Å². The first-order chi connectivity index (χ1) is 29.7. The summed E-state index contributed by atoms with van der Waals surface area (Å²) in [6.07, 6.45) is 9.84. The summed E-state index contributed by atoms with van der Waals surface area (Å²) in [7, 11) is 0. The minimum atomic E-state index is -0.0881. The number of fused-ring (bicyclic) bond motifs is 10. The van der Waals surface area contributed by atoms with Gasteiger partial charge in [0.15, 0.2) is 0 Å². The normalized spacial score (nSPS) is 26.4.